The van der Waals surface area contributed by atoms with E-state index in [0.717, 1.165) is 15.9 Å². The van der Waals surface area contributed by atoms with Gasteiger partial charge in [0.1, 0.15) is 6.61 Å². The molecular formula is C16H16BrNO. The molecule has 3 heteroatoms. The summed E-state index contributed by atoms with van der Waals surface area (Å²) in [5, 5.41) is 2.41. The van der Waals surface area contributed by atoms with E-state index in [1.165, 1.54) is 10.8 Å². The maximum absolute atomic E-state index is 5.76. The topological polar surface area (TPSA) is 21.6 Å². The molecule has 0 saturated heterocycles. The van der Waals surface area contributed by atoms with Crippen LogP contribution in [-0.2, 0) is 4.74 Å². The highest BCUT2D eigenvalue weighted by molar-refractivity contribution is 9.10. The average Bonchev–Trinajstić information content (AvgIpc) is 2.89. The molecule has 1 aliphatic rings. The van der Waals surface area contributed by atoms with E-state index in [1.807, 2.05) is 12.1 Å². The first-order valence-corrected chi connectivity index (χ1v) is 7.34. The van der Waals surface area contributed by atoms with Crippen LogP contribution in [0, 0.1) is 5.92 Å². The van der Waals surface area contributed by atoms with Crippen LogP contribution in [-0.4, -0.2) is 18.5 Å². The number of hydrogen-bond acceptors (Lipinski definition) is 2. The van der Waals surface area contributed by atoms with E-state index in [9.17, 15) is 0 Å². The monoisotopic (exact) mass is 317 g/mol. The number of halogens is 1. The van der Waals surface area contributed by atoms with Crippen molar-refractivity contribution < 1.29 is 4.74 Å². The quantitative estimate of drug-likeness (QED) is 0.804. The van der Waals surface area contributed by atoms with Gasteiger partial charge in [-0.05, 0) is 38.7 Å². The first kappa shape index (κ1) is 12.7. The summed E-state index contributed by atoms with van der Waals surface area (Å²) in [6.45, 7) is 5.04. The predicted octanol–water partition coefficient (Wildman–Crippen LogP) is 4.40. The van der Waals surface area contributed by atoms with Gasteiger partial charge in [0, 0.05) is 4.47 Å². The molecule has 0 spiro atoms. The fourth-order valence-electron chi connectivity index (χ4n) is 2.28. The summed E-state index contributed by atoms with van der Waals surface area (Å²) >= 11 is 3.69. The van der Waals surface area contributed by atoms with Gasteiger partial charge in [0.05, 0.1) is 11.6 Å². The van der Waals surface area contributed by atoms with Crippen LogP contribution in [0.25, 0.3) is 10.8 Å². The highest BCUT2D eigenvalue weighted by atomic mass is 79.9. The van der Waals surface area contributed by atoms with Gasteiger partial charge in [0.25, 0.3) is 0 Å². The summed E-state index contributed by atoms with van der Waals surface area (Å²) in [7, 11) is 0. The molecule has 0 bridgehead atoms. The van der Waals surface area contributed by atoms with E-state index in [1.54, 1.807) is 0 Å². The molecule has 98 valence electrons. The van der Waals surface area contributed by atoms with Crippen molar-refractivity contribution in [3.8, 4) is 0 Å². The summed E-state index contributed by atoms with van der Waals surface area (Å²) in [4.78, 5) is 4.69. The molecule has 0 N–H and O–H groups in total. The van der Waals surface area contributed by atoms with Crippen molar-refractivity contribution in [1.82, 2.24) is 0 Å². The Kier molecular flexibility index (Phi) is 3.31. The van der Waals surface area contributed by atoms with E-state index in [4.69, 9.17) is 4.74 Å². The van der Waals surface area contributed by atoms with Crippen LogP contribution in [0.2, 0.25) is 0 Å². The van der Waals surface area contributed by atoms with E-state index in [2.05, 4.69) is 59.0 Å². The third-order valence-electron chi connectivity index (χ3n) is 3.54. The summed E-state index contributed by atoms with van der Waals surface area (Å²) in [6, 6.07) is 12.8. The summed E-state index contributed by atoms with van der Waals surface area (Å²) in [5.74, 6) is 1.27. The number of rotatable bonds is 2. The molecule has 0 fully saturated rings. The van der Waals surface area contributed by atoms with Crippen molar-refractivity contribution in [3.05, 3.63) is 46.4 Å². The van der Waals surface area contributed by atoms with Crippen LogP contribution in [0.3, 0.4) is 0 Å². The van der Waals surface area contributed by atoms with Crippen LogP contribution in [0.1, 0.15) is 19.4 Å². The lowest BCUT2D eigenvalue weighted by molar-refractivity contribution is 0.292. The van der Waals surface area contributed by atoms with Crippen LogP contribution < -0.4 is 0 Å². The lowest BCUT2D eigenvalue weighted by Gasteiger charge is -2.07. The van der Waals surface area contributed by atoms with Gasteiger partial charge in [-0.15, -0.1) is 0 Å². The Labute approximate surface area is 121 Å². The van der Waals surface area contributed by atoms with Crippen LogP contribution in [0.15, 0.2) is 45.9 Å². The Morgan fingerprint density at radius 3 is 2.74 bits per heavy atom. The molecule has 0 aromatic heterocycles. The molecule has 3 rings (SSSR count). The predicted molar refractivity (Wildman–Crippen MR) is 82.8 cm³/mol. The second-order valence-electron chi connectivity index (χ2n) is 5.20. The number of aliphatic imine (C=N–C) groups is 1. The lowest BCUT2D eigenvalue weighted by Crippen LogP contribution is -2.13. The molecule has 2 nitrogen and oxygen atoms in total. The molecule has 0 amide bonds. The minimum absolute atomic E-state index is 0.272. The van der Waals surface area contributed by atoms with E-state index in [0.29, 0.717) is 12.5 Å². The van der Waals surface area contributed by atoms with Gasteiger partial charge in [0.2, 0.25) is 5.90 Å². The fourth-order valence-corrected chi connectivity index (χ4v) is 2.94. The molecule has 1 heterocycles. The molecule has 0 radical (unpaired) electrons. The largest absolute Gasteiger partial charge is 0.475 e. The fraction of sp³-hybridized carbons (Fsp3) is 0.312. The van der Waals surface area contributed by atoms with Crippen molar-refractivity contribution in [1.29, 1.82) is 0 Å². The summed E-state index contributed by atoms with van der Waals surface area (Å²) < 4.78 is 6.83. The van der Waals surface area contributed by atoms with Gasteiger partial charge in [0.15, 0.2) is 0 Å². The van der Waals surface area contributed by atoms with Crippen LogP contribution in [0.5, 0.6) is 0 Å². The molecule has 0 aliphatic carbocycles. The number of fused-ring (bicyclic) bond motifs is 1. The maximum atomic E-state index is 5.76. The van der Waals surface area contributed by atoms with Crippen LogP contribution in [0.4, 0.5) is 0 Å². The van der Waals surface area contributed by atoms with E-state index in [-0.39, 0.29) is 6.04 Å². The zero-order valence-electron chi connectivity index (χ0n) is 11.1. The van der Waals surface area contributed by atoms with Crippen LogP contribution >= 0.6 is 15.9 Å². The van der Waals surface area contributed by atoms with E-state index < -0.39 is 0 Å². The normalized spacial score (nSPS) is 18.7. The minimum Gasteiger partial charge on any atom is -0.475 e. The standard InChI is InChI=1S/C16H16BrNO/c1-10(2)14-9-19-16(18-14)13-8-7-11-5-3-4-6-12(11)15(13)17/h3-8,10,14H,9H2,1-2H3/t14-/m0/s1. The lowest BCUT2D eigenvalue weighted by atomic mass is 10.1. The maximum Gasteiger partial charge on any atom is 0.217 e. The highest BCUT2D eigenvalue weighted by Crippen LogP contribution is 2.30. The number of benzene rings is 2. The van der Waals surface area contributed by atoms with Crippen molar-refractivity contribution in [2.24, 2.45) is 10.9 Å². The molecule has 2 aromatic carbocycles. The Morgan fingerprint density at radius 1 is 1.21 bits per heavy atom. The number of hydrogen-bond donors (Lipinski definition) is 0. The number of ether oxygens (including phenoxy) is 1. The smallest absolute Gasteiger partial charge is 0.217 e. The zero-order chi connectivity index (χ0) is 13.4. The molecular weight excluding hydrogens is 302 g/mol. The minimum atomic E-state index is 0.272. The molecule has 19 heavy (non-hydrogen) atoms. The van der Waals surface area contributed by atoms with Gasteiger partial charge in [-0.3, -0.25) is 0 Å². The Balaban J connectivity index is 2.07. The molecule has 2 aromatic rings. The highest BCUT2D eigenvalue weighted by Gasteiger charge is 2.24. The SMILES string of the molecule is CC(C)[C@@H]1COC(c2ccc3ccccc3c2Br)=N1. The molecule has 0 unspecified atom stereocenters. The van der Waals surface area contributed by atoms with Crippen molar-refractivity contribution in [2.75, 3.05) is 6.61 Å². The third-order valence-corrected chi connectivity index (χ3v) is 4.39. The Morgan fingerprint density at radius 2 is 2.00 bits per heavy atom. The van der Waals surface area contributed by atoms with Crippen molar-refractivity contribution >= 4 is 32.6 Å². The van der Waals surface area contributed by atoms with Crippen molar-refractivity contribution in [2.45, 2.75) is 19.9 Å². The number of nitrogens with zero attached hydrogens (tertiary/aromatic N) is 1. The first-order chi connectivity index (χ1) is 9.16. The molecule has 0 saturated carbocycles. The van der Waals surface area contributed by atoms with Gasteiger partial charge in [-0.25, -0.2) is 4.99 Å². The van der Waals surface area contributed by atoms with Gasteiger partial charge < -0.3 is 4.74 Å². The first-order valence-electron chi connectivity index (χ1n) is 6.55. The van der Waals surface area contributed by atoms with Gasteiger partial charge in [-0.1, -0.05) is 44.2 Å². The van der Waals surface area contributed by atoms with Crippen molar-refractivity contribution in [3.63, 3.8) is 0 Å². The Bertz CT molecular complexity index is 648. The molecule has 1 aliphatic heterocycles. The van der Waals surface area contributed by atoms with E-state index >= 15 is 0 Å². The second kappa shape index (κ2) is 4.97. The second-order valence-corrected chi connectivity index (χ2v) is 6.00. The third kappa shape index (κ3) is 2.27. The zero-order valence-corrected chi connectivity index (χ0v) is 12.6. The Hall–Kier alpha value is -1.35. The average molecular weight is 318 g/mol. The molecule has 1 atom stereocenters. The summed E-state index contributed by atoms with van der Waals surface area (Å²) in [5.41, 5.74) is 1.04. The summed E-state index contributed by atoms with van der Waals surface area (Å²) in [6.07, 6.45) is 0. The van der Waals surface area contributed by atoms with Gasteiger partial charge >= 0.3 is 0 Å². The van der Waals surface area contributed by atoms with Gasteiger partial charge in [-0.2, -0.15) is 0 Å².